The standard InChI is InChI=1S/C18H18N2O4S3/c1-24-13-5-2-4-12(8-13)20-15-10-27(22,23)11-16(15)26-18(20)19-17(21)9-14-6-3-7-25-14/h2-8,15-16H,9-11H2,1H3/t15-,16-/m0/s1. The van der Waals surface area contributed by atoms with Crippen molar-refractivity contribution in [2.75, 3.05) is 23.5 Å². The summed E-state index contributed by atoms with van der Waals surface area (Å²) in [5.41, 5.74) is 0.786. The Kier molecular flexibility index (Phi) is 5.00. The second kappa shape index (κ2) is 7.29. The maximum atomic E-state index is 12.4. The minimum absolute atomic E-state index is 0.0695. The Labute approximate surface area is 166 Å². The molecule has 4 rings (SSSR count). The van der Waals surface area contributed by atoms with Gasteiger partial charge in [-0.3, -0.25) is 4.79 Å². The average molecular weight is 423 g/mol. The number of amidine groups is 1. The number of benzene rings is 1. The first-order chi connectivity index (χ1) is 12.9. The molecule has 1 aromatic carbocycles. The molecule has 2 aliphatic rings. The van der Waals surface area contributed by atoms with E-state index in [-0.39, 0.29) is 35.1 Å². The number of thiophene rings is 1. The number of anilines is 1. The van der Waals surface area contributed by atoms with Crippen molar-refractivity contribution >= 4 is 49.7 Å². The van der Waals surface area contributed by atoms with Gasteiger partial charge in [-0.2, -0.15) is 4.99 Å². The summed E-state index contributed by atoms with van der Waals surface area (Å²) in [6.45, 7) is 0. The van der Waals surface area contributed by atoms with E-state index in [1.54, 1.807) is 7.11 Å². The minimum Gasteiger partial charge on any atom is -0.497 e. The minimum atomic E-state index is -3.09. The highest BCUT2D eigenvalue weighted by molar-refractivity contribution is 8.16. The van der Waals surface area contributed by atoms with Crippen molar-refractivity contribution in [3.63, 3.8) is 0 Å². The number of hydrogen-bond acceptors (Lipinski definition) is 6. The lowest BCUT2D eigenvalue weighted by molar-refractivity contribution is -0.117. The number of hydrogen-bond donors (Lipinski definition) is 0. The SMILES string of the molecule is COc1cccc(N2C(=NC(=O)Cc3cccs3)S[C@H]3CS(=O)(=O)C[C@@H]32)c1. The number of carbonyl (C=O) groups is 1. The van der Waals surface area contributed by atoms with E-state index in [9.17, 15) is 13.2 Å². The van der Waals surface area contributed by atoms with E-state index in [1.807, 2.05) is 46.7 Å². The summed E-state index contributed by atoms with van der Waals surface area (Å²) in [5.74, 6) is 0.628. The molecule has 2 aliphatic heterocycles. The molecule has 6 nitrogen and oxygen atoms in total. The van der Waals surface area contributed by atoms with Crippen LogP contribution in [0.3, 0.4) is 0 Å². The van der Waals surface area contributed by atoms with Crippen LogP contribution in [-0.4, -0.2) is 49.4 Å². The third-order valence-corrected chi connectivity index (χ3v) is 8.61. The first-order valence-corrected chi connectivity index (χ1v) is 12.0. The fraction of sp³-hybridized carbons (Fsp3) is 0.333. The van der Waals surface area contributed by atoms with Gasteiger partial charge in [0, 0.05) is 21.9 Å². The highest BCUT2D eigenvalue weighted by Crippen LogP contribution is 2.41. The van der Waals surface area contributed by atoms with Crippen LogP contribution in [0.15, 0.2) is 46.8 Å². The molecular formula is C18H18N2O4S3. The van der Waals surface area contributed by atoms with Gasteiger partial charge in [-0.15, -0.1) is 11.3 Å². The van der Waals surface area contributed by atoms with Crippen molar-refractivity contribution < 1.29 is 17.9 Å². The number of nitrogens with zero attached hydrogens (tertiary/aromatic N) is 2. The zero-order valence-electron chi connectivity index (χ0n) is 14.6. The molecule has 1 amide bonds. The van der Waals surface area contributed by atoms with Crippen molar-refractivity contribution in [1.29, 1.82) is 0 Å². The van der Waals surface area contributed by atoms with Crippen LogP contribution >= 0.6 is 23.1 Å². The summed E-state index contributed by atoms with van der Waals surface area (Å²) in [6, 6.07) is 11.0. The van der Waals surface area contributed by atoms with Crippen LogP contribution in [0.2, 0.25) is 0 Å². The van der Waals surface area contributed by atoms with Gasteiger partial charge in [0.15, 0.2) is 15.0 Å². The maximum absolute atomic E-state index is 12.4. The van der Waals surface area contributed by atoms with Crippen molar-refractivity contribution in [3.05, 3.63) is 46.7 Å². The highest BCUT2D eigenvalue weighted by Gasteiger charge is 2.49. The third-order valence-electron chi connectivity index (χ3n) is 4.52. The summed E-state index contributed by atoms with van der Waals surface area (Å²) in [6.07, 6.45) is 0.251. The Hall–Kier alpha value is -1.84. The van der Waals surface area contributed by atoms with Gasteiger partial charge < -0.3 is 9.64 Å². The van der Waals surface area contributed by atoms with Crippen LogP contribution in [0.4, 0.5) is 5.69 Å². The monoisotopic (exact) mass is 422 g/mol. The Balaban J connectivity index is 1.67. The van der Waals surface area contributed by atoms with Crippen LogP contribution in [0, 0.1) is 0 Å². The van der Waals surface area contributed by atoms with Crippen molar-refractivity contribution in [1.82, 2.24) is 0 Å². The van der Waals surface area contributed by atoms with Gasteiger partial charge in [-0.1, -0.05) is 23.9 Å². The molecule has 2 saturated heterocycles. The molecule has 1 aromatic heterocycles. The van der Waals surface area contributed by atoms with Crippen molar-refractivity contribution in [3.8, 4) is 5.75 Å². The molecule has 0 bridgehead atoms. The molecule has 3 heterocycles. The lowest BCUT2D eigenvalue weighted by Gasteiger charge is -2.24. The topological polar surface area (TPSA) is 76.0 Å². The summed E-state index contributed by atoms with van der Waals surface area (Å²) in [5, 5.41) is 2.38. The number of methoxy groups -OCH3 is 1. The van der Waals surface area contributed by atoms with Crippen molar-refractivity contribution in [2.24, 2.45) is 4.99 Å². The van der Waals surface area contributed by atoms with Crippen molar-refractivity contribution in [2.45, 2.75) is 17.7 Å². The summed E-state index contributed by atoms with van der Waals surface area (Å²) in [4.78, 5) is 19.6. The number of carbonyl (C=O) groups excluding carboxylic acids is 1. The molecule has 0 aliphatic carbocycles. The maximum Gasteiger partial charge on any atom is 0.253 e. The molecular weight excluding hydrogens is 404 g/mol. The van der Waals surface area contributed by atoms with Gasteiger partial charge in [0.1, 0.15) is 5.75 Å². The molecule has 2 aromatic rings. The normalized spacial score (nSPS) is 24.9. The molecule has 0 unspecified atom stereocenters. The molecule has 0 saturated carbocycles. The van der Waals surface area contributed by atoms with Gasteiger partial charge in [0.25, 0.3) is 5.91 Å². The molecule has 9 heteroatoms. The predicted octanol–water partition coefficient (Wildman–Crippen LogP) is 2.60. The molecule has 2 fully saturated rings. The Bertz CT molecular complexity index is 986. The quantitative estimate of drug-likeness (QED) is 0.754. The second-order valence-corrected chi connectivity index (χ2v) is 10.8. The molecule has 0 N–H and O–H groups in total. The Morgan fingerprint density at radius 2 is 2.15 bits per heavy atom. The fourth-order valence-electron chi connectivity index (χ4n) is 3.34. The lowest BCUT2D eigenvalue weighted by atomic mass is 10.2. The number of fused-ring (bicyclic) bond motifs is 1. The van der Waals surface area contributed by atoms with E-state index < -0.39 is 9.84 Å². The van der Waals surface area contributed by atoms with E-state index in [0.29, 0.717) is 10.9 Å². The first-order valence-electron chi connectivity index (χ1n) is 8.39. The molecule has 27 heavy (non-hydrogen) atoms. The Morgan fingerprint density at radius 3 is 2.89 bits per heavy atom. The number of aliphatic imine (C=N–C) groups is 1. The molecule has 0 spiro atoms. The smallest absolute Gasteiger partial charge is 0.253 e. The highest BCUT2D eigenvalue weighted by atomic mass is 32.2. The van der Waals surface area contributed by atoms with Crippen LogP contribution < -0.4 is 9.64 Å². The summed E-state index contributed by atoms with van der Waals surface area (Å²) < 4.78 is 29.5. The number of amides is 1. The summed E-state index contributed by atoms with van der Waals surface area (Å²) in [7, 11) is -1.50. The van der Waals surface area contributed by atoms with Crippen LogP contribution in [0.5, 0.6) is 5.75 Å². The van der Waals surface area contributed by atoms with Gasteiger partial charge >= 0.3 is 0 Å². The molecule has 2 atom stereocenters. The average Bonchev–Trinajstić information content (AvgIpc) is 3.29. The zero-order valence-corrected chi connectivity index (χ0v) is 17.0. The van der Waals surface area contributed by atoms with E-state index in [1.165, 1.54) is 23.1 Å². The van der Waals surface area contributed by atoms with E-state index >= 15 is 0 Å². The van der Waals surface area contributed by atoms with Crippen LogP contribution in [0.1, 0.15) is 4.88 Å². The summed E-state index contributed by atoms with van der Waals surface area (Å²) >= 11 is 2.90. The van der Waals surface area contributed by atoms with Crippen LogP contribution in [0.25, 0.3) is 0 Å². The Morgan fingerprint density at radius 1 is 1.30 bits per heavy atom. The third kappa shape index (κ3) is 3.90. The number of sulfone groups is 1. The van der Waals surface area contributed by atoms with Gasteiger partial charge in [0.05, 0.1) is 31.1 Å². The molecule has 142 valence electrons. The van der Waals surface area contributed by atoms with E-state index in [0.717, 1.165) is 10.6 Å². The van der Waals surface area contributed by atoms with Gasteiger partial charge in [-0.25, -0.2) is 8.42 Å². The predicted molar refractivity (Wildman–Crippen MR) is 110 cm³/mol. The van der Waals surface area contributed by atoms with Gasteiger partial charge in [0.2, 0.25) is 0 Å². The number of thioether (sulfide) groups is 1. The lowest BCUT2D eigenvalue weighted by Crippen LogP contribution is -2.37. The van der Waals surface area contributed by atoms with E-state index in [4.69, 9.17) is 4.74 Å². The molecule has 0 radical (unpaired) electrons. The first kappa shape index (κ1) is 18.5. The van der Waals surface area contributed by atoms with Crippen LogP contribution in [-0.2, 0) is 21.1 Å². The number of rotatable bonds is 4. The van der Waals surface area contributed by atoms with E-state index in [2.05, 4.69) is 4.99 Å². The largest absolute Gasteiger partial charge is 0.497 e. The van der Waals surface area contributed by atoms with Gasteiger partial charge in [-0.05, 0) is 23.6 Å². The second-order valence-electron chi connectivity index (χ2n) is 6.42. The fourth-order valence-corrected chi connectivity index (χ4v) is 7.96. The number of ether oxygens (including phenoxy) is 1. The zero-order chi connectivity index (χ0) is 19.0.